The quantitative estimate of drug-likeness (QED) is 0.798. The van der Waals surface area contributed by atoms with Crippen molar-refractivity contribution in [1.82, 2.24) is 4.90 Å². The summed E-state index contributed by atoms with van der Waals surface area (Å²) in [5.74, 6) is 0.838. The average molecular weight is 226 g/mol. The third kappa shape index (κ3) is 3.46. The van der Waals surface area contributed by atoms with Crippen LogP contribution in [0.3, 0.4) is 0 Å². The molecule has 1 rings (SSSR count). The minimum Gasteiger partial charge on any atom is -0.324 e. The first-order valence-corrected chi connectivity index (χ1v) is 6.82. The molecule has 0 aliphatic carbocycles. The highest BCUT2D eigenvalue weighted by Gasteiger charge is 2.34. The lowest BCUT2D eigenvalue weighted by atomic mass is 9.80. The van der Waals surface area contributed by atoms with Gasteiger partial charge in [0.1, 0.15) is 0 Å². The van der Waals surface area contributed by atoms with Crippen LogP contribution >= 0.6 is 0 Å². The molecule has 0 saturated carbocycles. The van der Waals surface area contributed by atoms with Crippen LogP contribution in [0.4, 0.5) is 0 Å². The average Bonchev–Trinajstić information content (AvgIpc) is 2.65. The zero-order chi connectivity index (χ0) is 12.4. The van der Waals surface area contributed by atoms with Crippen LogP contribution in [0.15, 0.2) is 0 Å². The van der Waals surface area contributed by atoms with Crippen molar-refractivity contribution in [3.8, 4) is 0 Å². The van der Waals surface area contributed by atoms with Crippen molar-refractivity contribution in [3.63, 3.8) is 0 Å². The Labute approximate surface area is 102 Å². The number of nitrogens with two attached hydrogens (primary N) is 1. The van der Waals surface area contributed by atoms with E-state index >= 15 is 0 Å². The first kappa shape index (κ1) is 14.0. The van der Waals surface area contributed by atoms with E-state index in [-0.39, 0.29) is 5.54 Å². The first-order chi connectivity index (χ1) is 7.30. The van der Waals surface area contributed by atoms with Gasteiger partial charge < -0.3 is 10.6 Å². The highest BCUT2D eigenvalue weighted by Crippen LogP contribution is 2.34. The van der Waals surface area contributed by atoms with Gasteiger partial charge >= 0.3 is 0 Å². The van der Waals surface area contributed by atoms with Crippen LogP contribution in [-0.4, -0.2) is 30.1 Å². The molecular weight excluding hydrogens is 196 g/mol. The summed E-state index contributed by atoms with van der Waals surface area (Å²) in [5, 5.41) is 0. The number of rotatable bonds is 4. The zero-order valence-corrected chi connectivity index (χ0v) is 11.8. The Morgan fingerprint density at radius 1 is 1.19 bits per heavy atom. The maximum absolute atomic E-state index is 6.39. The summed E-state index contributed by atoms with van der Waals surface area (Å²) in [7, 11) is 0. The molecule has 1 aliphatic rings. The number of hydrogen-bond acceptors (Lipinski definition) is 2. The van der Waals surface area contributed by atoms with E-state index < -0.39 is 0 Å². The minimum atomic E-state index is 0.0345. The van der Waals surface area contributed by atoms with Crippen molar-refractivity contribution in [2.45, 2.75) is 59.4 Å². The highest BCUT2D eigenvalue weighted by molar-refractivity contribution is 4.90. The summed E-state index contributed by atoms with van der Waals surface area (Å²) in [6.07, 6.45) is 3.51. The topological polar surface area (TPSA) is 29.3 Å². The van der Waals surface area contributed by atoms with E-state index in [4.69, 9.17) is 5.73 Å². The third-order valence-electron chi connectivity index (χ3n) is 4.44. The summed E-state index contributed by atoms with van der Waals surface area (Å²) in [6.45, 7) is 15.0. The van der Waals surface area contributed by atoms with Gasteiger partial charge in [-0.15, -0.1) is 0 Å². The lowest BCUT2D eigenvalue weighted by molar-refractivity contribution is 0.196. The van der Waals surface area contributed by atoms with E-state index in [2.05, 4.69) is 39.5 Å². The van der Waals surface area contributed by atoms with Crippen molar-refractivity contribution >= 4 is 0 Å². The van der Waals surface area contributed by atoms with Gasteiger partial charge in [0.05, 0.1) is 0 Å². The van der Waals surface area contributed by atoms with Crippen LogP contribution in [0.25, 0.3) is 0 Å². The van der Waals surface area contributed by atoms with Gasteiger partial charge in [-0.1, -0.05) is 34.6 Å². The number of likely N-dealkylation sites (tertiary alicyclic amines) is 1. The van der Waals surface area contributed by atoms with E-state index in [1.54, 1.807) is 0 Å². The van der Waals surface area contributed by atoms with Gasteiger partial charge in [-0.05, 0) is 37.1 Å². The molecule has 1 aliphatic heterocycles. The van der Waals surface area contributed by atoms with Crippen LogP contribution in [0.1, 0.15) is 53.9 Å². The molecule has 1 heterocycles. The van der Waals surface area contributed by atoms with Gasteiger partial charge in [-0.25, -0.2) is 0 Å². The van der Waals surface area contributed by atoms with Crippen LogP contribution < -0.4 is 5.73 Å². The summed E-state index contributed by atoms with van der Waals surface area (Å²) >= 11 is 0. The molecular formula is C14H30N2. The van der Waals surface area contributed by atoms with Crippen LogP contribution in [0, 0.1) is 11.3 Å². The lowest BCUT2D eigenvalue weighted by Gasteiger charge is -2.33. The second-order valence-corrected chi connectivity index (χ2v) is 6.66. The van der Waals surface area contributed by atoms with Crippen LogP contribution in [0.5, 0.6) is 0 Å². The minimum absolute atomic E-state index is 0.0345. The number of nitrogens with zero attached hydrogens (tertiary/aromatic N) is 1. The predicted molar refractivity (Wildman–Crippen MR) is 71.5 cm³/mol. The largest absolute Gasteiger partial charge is 0.324 e. The highest BCUT2D eigenvalue weighted by atomic mass is 15.2. The predicted octanol–water partition coefficient (Wildman–Crippen LogP) is 2.87. The lowest BCUT2D eigenvalue weighted by Crippen LogP contribution is -2.49. The van der Waals surface area contributed by atoms with Crippen molar-refractivity contribution < 1.29 is 0 Å². The molecule has 0 bridgehead atoms. The molecule has 0 amide bonds. The maximum Gasteiger partial charge on any atom is 0.0278 e. The van der Waals surface area contributed by atoms with Gasteiger partial charge in [0, 0.05) is 18.6 Å². The van der Waals surface area contributed by atoms with Crippen molar-refractivity contribution in [2.24, 2.45) is 17.1 Å². The Morgan fingerprint density at radius 3 is 2.12 bits per heavy atom. The van der Waals surface area contributed by atoms with Crippen LogP contribution in [0.2, 0.25) is 0 Å². The van der Waals surface area contributed by atoms with E-state index in [0.717, 1.165) is 25.3 Å². The molecule has 2 N–H and O–H groups in total. The molecule has 1 fully saturated rings. The van der Waals surface area contributed by atoms with Crippen molar-refractivity contribution in [2.75, 3.05) is 19.6 Å². The second kappa shape index (κ2) is 5.05. The van der Waals surface area contributed by atoms with Crippen molar-refractivity contribution in [3.05, 3.63) is 0 Å². The maximum atomic E-state index is 6.39. The van der Waals surface area contributed by atoms with Gasteiger partial charge in [0.2, 0.25) is 0 Å². The molecule has 0 aromatic carbocycles. The van der Waals surface area contributed by atoms with Gasteiger partial charge in [-0.3, -0.25) is 0 Å². The smallest absolute Gasteiger partial charge is 0.0278 e. The fraction of sp³-hybridized carbons (Fsp3) is 1.00. The molecule has 2 heteroatoms. The monoisotopic (exact) mass is 226 g/mol. The second-order valence-electron chi connectivity index (χ2n) is 6.66. The van der Waals surface area contributed by atoms with E-state index in [0.29, 0.717) is 5.41 Å². The molecule has 2 nitrogen and oxygen atoms in total. The molecule has 0 radical (unpaired) electrons. The van der Waals surface area contributed by atoms with Crippen LogP contribution in [-0.2, 0) is 0 Å². The van der Waals surface area contributed by atoms with E-state index in [1.807, 2.05) is 0 Å². The first-order valence-electron chi connectivity index (χ1n) is 6.82. The Bertz CT molecular complexity index is 213. The Balaban J connectivity index is 2.48. The molecule has 0 spiro atoms. The molecule has 0 aromatic heterocycles. The third-order valence-corrected chi connectivity index (χ3v) is 4.44. The zero-order valence-electron chi connectivity index (χ0n) is 11.8. The molecule has 1 unspecified atom stereocenters. The molecule has 1 atom stereocenters. The summed E-state index contributed by atoms with van der Waals surface area (Å²) in [6, 6.07) is 0. The fourth-order valence-electron chi connectivity index (χ4n) is 2.60. The summed E-state index contributed by atoms with van der Waals surface area (Å²) in [5.41, 5.74) is 6.87. The molecule has 0 aromatic rings. The van der Waals surface area contributed by atoms with Gasteiger partial charge in [0.15, 0.2) is 0 Å². The van der Waals surface area contributed by atoms with Gasteiger partial charge in [0.25, 0.3) is 0 Å². The number of hydrogen-bond donors (Lipinski definition) is 1. The summed E-state index contributed by atoms with van der Waals surface area (Å²) < 4.78 is 0. The van der Waals surface area contributed by atoms with E-state index in [9.17, 15) is 0 Å². The molecule has 16 heavy (non-hydrogen) atoms. The fourth-order valence-corrected chi connectivity index (χ4v) is 2.60. The van der Waals surface area contributed by atoms with Gasteiger partial charge in [-0.2, -0.15) is 0 Å². The SMILES string of the molecule is CCC(N)(CC)CN1CCC(C(C)(C)C)C1. The van der Waals surface area contributed by atoms with Crippen molar-refractivity contribution in [1.29, 1.82) is 0 Å². The Kier molecular flexibility index (Phi) is 4.42. The summed E-state index contributed by atoms with van der Waals surface area (Å²) in [4.78, 5) is 2.57. The standard InChI is InChI=1S/C14H30N2/c1-6-14(15,7-2)11-16-9-8-12(10-16)13(3,4)5/h12H,6-11,15H2,1-5H3. The normalized spacial score (nSPS) is 24.0. The molecule has 1 saturated heterocycles. The Hall–Kier alpha value is -0.0800. The molecule has 96 valence electrons. The van der Waals surface area contributed by atoms with E-state index in [1.165, 1.54) is 19.5 Å². The Morgan fingerprint density at radius 2 is 1.75 bits per heavy atom.